The van der Waals surface area contributed by atoms with Gasteiger partial charge in [0.15, 0.2) is 5.78 Å². The lowest BCUT2D eigenvalue weighted by molar-refractivity contribution is -0.115. The fourth-order valence-electron chi connectivity index (χ4n) is 2.65. The van der Waals surface area contributed by atoms with E-state index in [1.165, 1.54) is 12.1 Å². The molecule has 6 heteroatoms. The highest BCUT2D eigenvalue weighted by atomic mass is 16.3. The standard InChI is InChI=1S/C21H26N2O4/c1-3-20(26)23-17-6-4-5-16(13-17)19(25)11-12-22-14(2)21(27)15-7-9-18(24)10-8-15/h4-10,13-14,21-22,24,27H,3,11-12H2,1-2H3,(H,23,26). The molecule has 0 heterocycles. The maximum Gasteiger partial charge on any atom is 0.224 e. The van der Waals surface area contributed by atoms with E-state index in [0.717, 1.165) is 0 Å². The molecular formula is C21H26N2O4. The maximum absolute atomic E-state index is 12.4. The summed E-state index contributed by atoms with van der Waals surface area (Å²) >= 11 is 0. The summed E-state index contributed by atoms with van der Waals surface area (Å²) in [5.41, 5.74) is 1.84. The molecule has 0 aliphatic rings. The first-order valence-electron chi connectivity index (χ1n) is 9.04. The topological polar surface area (TPSA) is 98.7 Å². The predicted octanol–water partition coefficient (Wildman–Crippen LogP) is 3.03. The molecule has 4 N–H and O–H groups in total. The second-order valence-electron chi connectivity index (χ2n) is 6.43. The van der Waals surface area contributed by atoms with Crippen LogP contribution in [0.5, 0.6) is 5.75 Å². The molecule has 6 nitrogen and oxygen atoms in total. The highest BCUT2D eigenvalue weighted by molar-refractivity contribution is 5.98. The Kier molecular flexibility index (Phi) is 7.52. The summed E-state index contributed by atoms with van der Waals surface area (Å²) in [6.45, 7) is 4.02. The van der Waals surface area contributed by atoms with Gasteiger partial charge in [0, 0.05) is 36.7 Å². The molecule has 0 aromatic heterocycles. The van der Waals surface area contributed by atoms with Crippen molar-refractivity contribution in [2.45, 2.75) is 38.8 Å². The first-order valence-corrected chi connectivity index (χ1v) is 9.04. The van der Waals surface area contributed by atoms with Crippen molar-refractivity contribution in [3.63, 3.8) is 0 Å². The SMILES string of the molecule is CCC(=O)Nc1cccc(C(=O)CCNC(C)C(O)c2ccc(O)cc2)c1. The lowest BCUT2D eigenvalue weighted by Crippen LogP contribution is -2.33. The Labute approximate surface area is 159 Å². The average Bonchev–Trinajstić information content (AvgIpc) is 2.67. The second kappa shape index (κ2) is 9.85. The van der Waals surface area contributed by atoms with Gasteiger partial charge in [0.2, 0.25) is 5.91 Å². The summed E-state index contributed by atoms with van der Waals surface area (Å²) in [7, 11) is 0. The largest absolute Gasteiger partial charge is 0.508 e. The minimum absolute atomic E-state index is 0.0404. The molecule has 0 aliphatic carbocycles. The highest BCUT2D eigenvalue weighted by Crippen LogP contribution is 2.19. The number of nitrogens with one attached hydrogen (secondary N) is 2. The van der Waals surface area contributed by atoms with Crippen LogP contribution in [-0.2, 0) is 4.79 Å². The highest BCUT2D eigenvalue weighted by Gasteiger charge is 2.16. The number of carbonyl (C=O) groups is 2. The van der Waals surface area contributed by atoms with Crippen LogP contribution in [0, 0.1) is 0 Å². The summed E-state index contributed by atoms with van der Waals surface area (Å²) in [5.74, 6) is 0.00856. The van der Waals surface area contributed by atoms with E-state index in [9.17, 15) is 19.8 Å². The van der Waals surface area contributed by atoms with Crippen molar-refractivity contribution in [1.82, 2.24) is 5.32 Å². The Bertz CT molecular complexity index is 774. The van der Waals surface area contributed by atoms with Gasteiger partial charge in [0.25, 0.3) is 0 Å². The van der Waals surface area contributed by atoms with Crippen LogP contribution >= 0.6 is 0 Å². The smallest absolute Gasteiger partial charge is 0.224 e. The third-order valence-corrected chi connectivity index (χ3v) is 4.32. The van der Waals surface area contributed by atoms with Gasteiger partial charge >= 0.3 is 0 Å². The zero-order valence-corrected chi connectivity index (χ0v) is 15.6. The van der Waals surface area contributed by atoms with E-state index in [0.29, 0.717) is 29.8 Å². The first kappa shape index (κ1) is 20.6. The molecule has 0 fully saturated rings. The number of aliphatic hydroxyl groups is 1. The summed E-state index contributed by atoms with van der Waals surface area (Å²) in [6.07, 6.45) is -0.0884. The fourth-order valence-corrected chi connectivity index (χ4v) is 2.65. The van der Waals surface area contributed by atoms with Crippen LogP contribution in [0.2, 0.25) is 0 Å². The van der Waals surface area contributed by atoms with Gasteiger partial charge in [-0.15, -0.1) is 0 Å². The van der Waals surface area contributed by atoms with Crippen molar-refractivity contribution in [3.05, 3.63) is 59.7 Å². The van der Waals surface area contributed by atoms with Gasteiger partial charge in [-0.05, 0) is 36.8 Å². The molecule has 0 bridgehead atoms. The van der Waals surface area contributed by atoms with Gasteiger partial charge in [-0.25, -0.2) is 0 Å². The first-order chi connectivity index (χ1) is 12.9. The number of rotatable bonds is 9. The predicted molar refractivity (Wildman–Crippen MR) is 105 cm³/mol. The number of aliphatic hydroxyl groups excluding tert-OH is 1. The quantitative estimate of drug-likeness (QED) is 0.509. The Morgan fingerprint density at radius 1 is 1.11 bits per heavy atom. The molecule has 0 spiro atoms. The third kappa shape index (κ3) is 6.20. The van der Waals surface area contributed by atoms with E-state index in [-0.39, 0.29) is 29.9 Å². The number of phenols is 1. The Balaban J connectivity index is 1.85. The lowest BCUT2D eigenvalue weighted by atomic mass is 10.0. The van der Waals surface area contributed by atoms with Gasteiger partial charge in [-0.3, -0.25) is 9.59 Å². The molecule has 27 heavy (non-hydrogen) atoms. The molecule has 2 atom stereocenters. The van der Waals surface area contributed by atoms with Gasteiger partial charge in [-0.1, -0.05) is 31.2 Å². The van der Waals surface area contributed by atoms with Crippen molar-refractivity contribution in [1.29, 1.82) is 0 Å². The number of anilines is 1. The third-order valence-electron chi connectivity index (χ3n) is 4.32. The Morgan fingerprint density at radius 2 is 1.81 bits per heavy atom. The molecule has 0 saturated heterocycles. The van der Waals surface area contributed by atoms with Crippen LogP contribution in [0.25, 0.3) is 0 Å². The van der Waals surface area contributed by atoms with Gasteiger partial charge in [0.1, 0.15) is 5.75 Å². The number of amides is 1. The van der Waals surface area contributed by atoms with E-state index in [1.807, 2.05) is 6.92 Å². The van der Waals surface area contributed by atoms with Crippen LogP contribution in [0.4, 0.5) is 5.69 Å². The van der Waals surface area contributed by atoms with E-state index in [2.05, 4.69) is 10.6 Å². The number of benzene rings is 2. The number of carbonyl (C=O) groups excluding carboxylic acids is 2. The molecule has 1 amide bonds. The van der Waals surface area contributed by atoms with Crippen LogP contribution in [-0.4, -0.2) is 34.5 Å². The Hall–Kier alpha value is -2.70. The van der Waals surface area contributed by atoms with Crippen LogP contribution in [0.15, 0.2) is 48.5 Å². The molecule has 2 aromatic carbocycles. The van der Waals surface area contributed by atoms with E-state index < -0.39 is 6.10 Å². The summed E-state index contributed by atoms with van der Waals surface area (Å²) in [5, 5.41) is 25.5. The fraction of sp³-hybridized carbons (Fsp3) is 0.333. The molecule has 2 unspecified atom stereocenters. The summed E-state index contributed by atoms with van der Waals surface area (Å²) in [6, 6.07) is 13.0. The van der Waals surface area contributed by atoms with Crippen LogP contribution < -0.4 is 10.6 Å². The number of Topliss-reactive ketones (excluding diaryl/α,β-unsaturated/α-hetero) is 1. The van der Waals surface area contributed by atoms with Gasteiger partial charge < -0.3 is 20.8 Å². The van der Waals surface area contributed by atoms with Crippen molar-refractivity contribution >= 4 is 17.4 Å². The van der Waals surface area contributed by atoms with Gasteiger partial charge in [0.05, 0.1) is 6.10 Å². The van der Waals surface area contributed by atoms with Crippen molar-refractivity contribution in [2.24, 2.45) is 0 Å². The normalized spacial score (nSPS) is 13.0. The van der Waals surface area contributed by atoms with Gasteiger partial charge in [-0.2, -0.15) is 0 Å². The number of hydrogen-bond donors (Lipinski definition) is 4. The minimum Gasteiger partial charge on any atom is -0.508 e. The minimum atomic E-state index is -0.742. The molecule has 0 radical (unpaired) electrons. The maximum atomic E-state index is 12.4. The average molecular weight is 370 g/mol. The molecule has 0 aliphatic heterocycles. The molecule has 2 aromatic rings. The lowest BCUT2D eigenvalue weighted by Gasteiger charge is -2.20. The molecule has 2 rings (SSSR count). The van der Waals surface area contributed by atoms with Crippen molar-refractivity contribution in [2.75, 3.05) is 11.9 Å². The number of aromatic hydroxyl groups is 1. The number of phenolic OH excluding ortho intramolecular Hbond substituents is 1. The zero-order chi connectivity index (χ0) is 19.8. The molecule has 144 valence electrons. The van der Waals surface area contributed by atoms with Crippen molar-refractivity contribution in [3.8, 4) is 5.75 Å². The Morgan fingerprint density at radius 3 is 2.48 bits per heavy atom. The van der Waals surface area contributed by atoms with Crippen molar-refractivity contribution < 1.29 is 19.8 Å². The summed E-state index contributed by atoms with van der Waals surface area (Å²) < 4.78 is 0. The zero-order valence-electron chi connectivity index (χ0n) is 15.6. The number of hydrogen-bond acceptors (Lipinski definition) is 5. The monoisotopic (exact) mass is 370 g/mol. The van der Waals surface area contributed by atoms with E-state index >= 15 is 0 Å². The van der Waals surface area contributed by atoms with Crippen LogP contribution in [0.1, 0.15) is 48.7 Å². The molecule has 0 saturated carbocycles. The second-order valence-corrected chi connectivity index (χ2v) is 6.43. The van der Waals surface area contributed by atoms with E-state index in [4.69, 9.17) is 0 Å². The number of ketones is 1. The van der Waals surface area contributed by atoms with E-state index in [1.54, 1.807) is 43.3 Å². The summed E-state index contributed by atoms with van der Waals surface area (Å²) in [4.78, 5) is 23.8. The van der Waals surface area contributed by atoms with Crippen LogP contribution in [0.3, 0.4) is 0 Å². The molecular weight excluding hydrogens is 344 g/mol.